The molecule has 0 radical (unpaired) electrons. The lowest BCUT2D eigenvalue weighted by molar-refractivity contribution is 1.30. The number of nitriles is 1. The topological polar surface area (TPSA) is 90.5 Å². The molecule has 3 rings (SSSR count). The molecular formula is C14H11N5. The van der Waals surface area contributed by atoms with Gasteiger partial charge in [-0.2, -0.15) is 5.26 Å². The number of benzene rings is 2. The Morgan fingerprint density at radius 3 is 2.89 bits per heavy atom. The van der Waals surface area contributed by atoms with E-state index in [4.69, 9.17) is 11.0 Å². The van der Waals surface area contributed by atoms with Crippen molar-refractivity contribution in [1.82, 2.24) is 9.97 Å². The van der Waals surface area contributed by atoms with Crippen LogP contribution in [0.1, 0.15) is 5.56 Å². The summed E-state index contributed by atoms with van der Waals surface area (Å²) in [5.74, 6) is 0.586. The van der Waals surface area contributed by atoms with Crippen LogP contribution < -0.4 is 11.1 Å². The molecule has 1 aromatic heterocycles. The van der Waals surface area contributed by atoms with Crippen LogP contribution in [0.5, 0.6) is 0 Å². The Morgan fingerprint density at radius 1 is 1.21 bits per heavy atom. The molecule has 0 atom stereocenters. The van der Waals surface area contributed by atoms with E-state index in [9.17, 15) is 0 Å². The van der Waals surface area contributed by atoms with Gasteiger partial charge in [-0.05, 0) is 30.3 Å². The van der Waals surface area contributed by atoms with Crippen molar-refractivity contribution in [2.24, 2.45) is 0 Å². The average Bonchev–Trinajstić information content (AvgIpc) is 2.80. The second-order valence-corrected chi connectivity index (χ2v) is 4.14. The predicted octanol–water partition coefficient (Wildman–Crippen LogP) is 2.76. The number of nitrogens with two attached hydrogens (primary N) is 1. The zero-order valence-electron chi connectivity index (χ0n) is 10.0. The van der Waals surface area contributed by atoms with Gasteiger partial charge in [-0.15, -0.1) is 0 Å². The maximum absolute atomic E-state index is 9.04. The van der Waals surface area contributed by atoms with E-state index in [0.717, 1.165) is 16.7 Å². The minimum absolute atomic E-state index is 0.572. The third kappa shape index (κ3) is 2.07. The summed E-state index contributed by atoms with van der Waals surface area (Å²) in [5, 5.41) is 12.1. The predicted molar refractivity (Wildman–Crippen MR) is 74.9 cm³/mol. The standard InChI is InChI=1S/C14H11N5/c15-8-9-3-1-2-4-11(9)17-14-18-12-6-5-10(16)7-13(12)19-14/h1-7H,16H2,(H2,17,18,19). The second-order valence-electron chi connectivity index (χ2n) is 4.14. The number of aromatic amines is 1. The second kappa shape index (κ2) is 4.35. The number of hydrogen-bond acceptors (Lipinski definition) is 4. The zero-order chi connectivity index (χ0) is 13.2. The Morgan fingerprint density at radius 2 is 2.05 bits per heavy atom. The summed E-state index contributed by atoms with van der Waals surface area (Å²) < 4.78 is 0. The quantitative estimate of drug-likeness (QED) is 0.609. The lowest BCUT2D eigenvalue weighted by Gasteiger charge is -2.03. The number of H-pyrrole nitrogens is 1. The van der Waals surface area contributed by atoms with Crippen molar-refractivity contribution >= 4 is 28.4 Å². The fourth-order valence-electron chi connectivity index (χ4n) is 1.90. The van der Waals surface area contributed by atoms with Crippen LogP contribution in [0.25, 0.3) is 11.0 Å². The van der Waals surface area contributed by atoms with Gasteiger partial charge in [0.05, 0.1) is 22.3 Å². The van der Waals surface area contributed by atoms with E-state index in [0.29, 0.717) is 17.2 Å². The van der Waals surface area contributed by atoms with Crippen molar-refractivity contribution in [3.05, 3.63) is 48.0 Å². The minimum Gasteiger partial charge on any atom is -0.399 e. The van der Waals surface area contributed by atoms with Crippen LogP contribution in [0, 0.1) is 11.3 Å². The van der Waals surface area contributed by atoms with Gasteiger partial charge in [0.1, 0.15) is 6.07 Å². The molecule has 0 aliphatic rings. The summed E-state index contributed by atoms with van der Waals surface area (Å²) >= 11 is 0. The number of para-hydroxylation sites is 1. The van der Waals surface area contributed by atoms with E-state index in [1.165, 1.54) is 0 Å². The number of anilines is 3. The summed E-state index contributed by atoms with van der Waals surface area (Å²) in [6.07, 6.45) is 0. The number of aromatic nitrogens is 2. The Kier molecular flexibility index (Phi) is 2.54. The smallest absolute Gasteiger partial charge is 0.205 e. The van der Waals surface area contributed by atoms with Crippen molar-refractivity contribution in [1.29, 1.82) is 5.26 Å². The molecule has 0 spiro atoms. The highest BCUT2D eigenvalue weighted by molar-refractivity contribution is 5.81. The van der Waals surface area contributed by atoms with Crippen LogP contribution >= 0.6 is 0 Å². The number of nitrogens with zero attached hydrogens (tertiary/aromatic N) is 2. The fourth-order valence-corrected chi connectivity index (χ4v) is 1.90. The van der Waals surface area contributed by atoms with Gasteiger partial charge in [0.2, 0.25) is 5.95 Å². The van der Waals surface area contributed by atoms with Crippen LogP contribution in [-0.4, -0.2) is 9.97 Å². The number of nitrogens with one attached hydrogen (secondary N) is 2. The summed E-state index contributed by atoms with van der Waals surface area (Å²) in [5.41, 5.74) is 9.38. The molecule has 0 aliphatic heterocycles. The molecule has 0 amide bonds. The zero-order valence-corrected chi connectivity index (χ0v) is 10.0. The van der Waals surface area contributed by atoms with Crippen molar-refractivity contribution in [3.8, 4) is 6.07 Å². The molecule has 0 unspecified atom stereocenters. The highest BCUT2D eigenvalue weighted by Gasteiger charge is 2.05. The Labute approximate surface area is 109 Å². The molecule has 0 bridgehead atoms. The largest absolute Gasteiger partial charge is 0.399 e. The Bertz CT molecular complexity index is 782. The highest BCUT2D eigenvalue weighted by atomic mass is 15.1. The van der Waals surface area contributed by atoms with Gasteiger partial charge in [-0.25, -0.2) is 4.98 Å². The normalized spacial score (nSPS) is 10.3. The molecule has 19 heavy (non-hydrogen) atoms. The van der Waals surface area contributed by atoms with Crippen LogP contribution in [0.3, 0.4) is 0 Å². The number of imidazole rings is 1. The van der Waals surface area contributed by atoms with Gasteiger partial charge >= 0.3 is 0 Å². The van der Waals surface area contributed by atoms with Gasteiger partial charge < -0.3 is 16.0 Å². The molecule has 5 nitrogen and oxygen atoms in total. The Balaban J connectivity index is 1.99. The number of rotatable bonds is 2. The molecule has 0 saturated carbocycles. The van der Waals surface area contributed by atoms with Crippen molar-refractivity contribution < 1.29 is 0 Å². The first-order valence-corrected chi connectivity index (χ1v) is 5.77. The van der Waals surface area contributed by atoms with Crippen LogP contribution in [0.2, 0.25) is 0 Å². The van der Waals surface area contributed by atoms with Crippen molar-refractivity contribution in [2.75, 3.05) is 11.1 Å². The molecule has 0 saturated heterocycles. The average molecular weight is 249 g/mol. The van der Waals surface area contributed by atoms with Crippen molar-refractivity contribution in [2.45, 2.75) is 0 Å². The van der Waals surface area contributed by atoms with E-state index < -0.39 is 0 Å². The molecule has 0 fully saturated rings. The lowest BCUT2D eigenvalue weighted by atomic mass is 10.2. The number of fused-ring (bicyclic) bond motifs is 1. The van der Waals surface area contributed by atoms with Crippen LogP contribution in [-0.2, 0) is 0 Å². The first-order chi connectivity index (χ1) is 9.26. The van der Waals surface area contributed by atoms with Crippen LogP contribution in [0.15, 0.2) is 42.5 Å². The van der Waals surface area contributed by atoms with E-state index in [-0.39, 0.29) is 0 Å². The van der Waals surface area contributed by atoms with Crippen LogP contribution in [0.4, 0.5) is 17.3 Å². The minimum atomic E-state index is 0.572. The molecule has 1 heterocycles. The molecule has 4 N–H and O–H groups in total. The van der Waals surface area contributed by atoms with Gasteiger partial charge in [-0.1, -0.05) is 12.1 Å². The molecule has 5 heteroatoms. The fraction of sp³-hybridized carbons (Fsp3) is 0. The third-order valence-electron chi connectivity index (χ3n) is 2.81. The molecule has 3 aromatic rings. The van der Waals surface area contributed by atoms with E-state index >= 15 is 0 Å². The monoisotopic (exact) mass is 249 g/mol. The lowest BCUT2D eigenvalue weighted by Crippen LogP contribution is -1.94. The summed E-state index contributed by atoms with van der Waals surface area (Å²) in [6.45, 7) is 0. The summed E-state index contributed by atoms with van der Waals surface area (Å²) in [4.78, 5) is 7.52. The first-order valence-electron chi connectivity index (χ1n) is 5.77. The third-order valence-corrected chi connectivity index (χ3v) is 2.81. The van der Waals surface area contributed by atoms with E-state index in [1.54, 1.807) is 12.1 Å². The molecule has 0 aliphatic carbocycles. The van der Waals surface area contributed by atoms with Gasteiger partial charge in [0, 0.05) is 5.69 Å². The first kappa shape index (κ1) is 11.1. The van der Waals surface area contributed by atoms with Gasteiger partial charge in [-0.3, -0.25) is 0 Å². The maximum Gasteiger partial charge on any atom is 0.205 e. The highest BCUT2D eigenvalue weighted by Crippen LogP contribution is 2.21. The number of hydrogen-bond donors (Lipinski definition) is 3. The number of nitrogen functional groups attached to an aromatic ring is 1. The Hall–Kier alpha value is -3.00. The maximum atomic E-state index is 9.04. The van der Waals surface area contributed by atoms with E-state index in [2.05, 4.69) is 21.4 Å². The molecule has 2 aromatic carbocycles. The summed E-state index contributed by atoms with van der Waals surface area (Å²) in [7, 11) is 0. The molecular weight excluding hydrogens is 238 g/mol. The van der Waals surface area contributed by atoms with Gasteiger partial charge in [0.15, 0.2) is 0 Å². The van der Waals surface area contributed by atoms with Gasteiger partial charge in [0.25, 0.3) is 0 Å². The van der Waals surface area contributed by atoms with Crippen molar-refractivity contribution in [3.63, 3.8) is 0 Å². The molecule has 92 valence electrons. The summed E-state index contributed by atoms with van der Waals surface area (Å²) in [6, 6.07) is 14.9. The van der Waals surface area contributed by atoms with E-state index in [1.807, 2.05) is 30.3 Å². The SMILES string of the molecule is N#Cc1ccccc1Nc1nc2ccc(N)cc2[nH]1.